The van der Waals surface area contributed by atoms with Crippen LogP contribution in [0.5, 0.6) is 0 Å². The van der Waals surface area contributed by atoms with E-state index >= 15 is 0 Å². The molecule has 0 fully saturated rings. The van der Waals surface area contributed by atoms with Gasteiger partial charge >= 0.3 is 11.9 Å². The molecule has 2 unspecified atom stereocenters. The number of carbonyl (C=O) groups is 2. The van der Waals surface area contributed by atoms with E-state index in [1.807, 2.05) is 13.8 Å². The van der Waals surface area contributed by atoms with Crippen molar-refractivity contribution in [2.45, 2.75) is 112 Å². The van der Waals surface area contributed by atoms with Crippen molar-refractivity contribution in [2.75, 3.05) is 26.3 Å². The fraction of sp³-hybridized carbons (Fsp3) is 0.920. The molecule has 2 N–H and O–H groups in total. The number of hydrogen-bond acceptors (Lipinski definition) is 6. The Labute approximate surface area is 190 Å². The highest BCUT2D eigenvalue weighted by molar-refractivity contribution is 5.80. The largest absolute Gasteiger partial charge is 0.465 e. The number of aliphatic hydroxyl groups is 1. The van der Waals surface area contributed by atoms with Crippen LogP contribution in [0.15, 0.2) is 0 Å². The van der Waals surface area contributed by atoms with Gasteiger partial charge in [-0.2, -0.15) is 0 Å². The summed E-state index contributed by atoms with van der Waals surface area (Å²) in [5.74, 6) is -0.649. The predicted molar refractivity (Wildman–Crippen MR) is 126 cm³/mol. The third kappa shape index (κ3) is 13.1. The van der Waals surface area contributed by atoms with Gasteiger partial charge in [0.1, 0.15) is 12.7 Å². The fourth-order valence-electron chi connectivity index (χ4n) is 3.63. The molecule has 2 atom stereocenters. The topological polar surface area (TPSA) is 84.9 Å². The van der Waals surface area contributed by atoms with Crippen LogP contribution in [0.2, 0.25) is 0 Å². The molecule has 0 radical (unpaired) electrons. The number of nitrogens with one attached hydrogen (secondary N) is 1. The second kappa shape index (κ2) is 16.5. The molecule has 6 heteroatoms. The fourth-order valence-corrected chi connectivity index (χ4v) is 3.63. The molecule has 0 saturated heterocycles. The predicted octanol–water partition coefficient (Wildman–Crippen LogP) is 5.02. The summed E-state index contributed by atoms with van der Waals surface area (Å²) in [7, 11) is 0. The van der Waals surface area contributed by atoms with E-state index in [1.165, 1.54) is 19.3 Å². The van der Waals surface area contributed by atoms with Gasteiger partial charge in [0, 0.05) is 6.54 Å². The molecule has 0 aliphatic carbocycles. The summed E-state index contributed by atoms with van der Waals surface area (Å²) in [5.41, 5.74) is -1.59. The molecule has 0 aliphatic heterocycles. The molecular weight excluding hydrogens is 394 g/mol. The van der Waals surface area contributed by atoms with Crippen molar-refractivity contribution in [3.05, 3.63) is 0 Å². The Hall–Kier alpha value is -1.14. The van der Waals surface area contributed by atoms with Crippen molar-refractivity contribution in [1.82, 2.24) is 5.32 Å². The van der Waals surface area contributed by atoms with E-state index in [9.17, 15) is 14.7 Å². The van der Waals surface area contributed by atoms with Crippen LogP contribution in [0.1, 0.15) is 106 Å². The second-order valence-electron chi connectivity index (χ2n) is 9.69. The van der Waals surface area contributed by atoms with Crippen molar-refractivity contribution in [2.24, 2.45) is 10.8 Å². The molecule has 0 heterocycles. The Kier molecular flexibility index (Phi) is 15.9. The lowest BCUT2D eigenvalue weighted by atomic mass is 9.72. The summed E-state index contributed by atoms with van der Waals surface area (Å²) in [6, 6.07) is 0. The molecule has 6 nitrogen and oxygen atoms in total. The van der Waals surface area contributed by atoms with Crippen molar-refractivity contribution < 1.29 is 24.2 Å². The van der Waals surface area contributed by atoms with Crippen molar-refractivity contribution in [3.63, 3.8) is 0 Å². The maximum atomic E-state index is 12.7. The first kappa shape index (κ1) is 29.9. The van der Waals surface area contributed by atoms with E-state index in [0.29, 0.717) is 26.0 Å². The Morgan fingerprint density at radius 1 is 0.871 bits per heavy atom. The molecule has 0 spiro atoms. The maximum absolute atomic E-state index is 12.7. The van der Waals surface area contributed by atoms with Crippen molar-refractivity contribution >= 4 is 11.9 Å². The highest BCUT2D eigenvalue weighted by atomic mass is 16.5. The highest BCUT2D eigenvalue weighted by Gasteiger charge is 2.43. The van der Waals surface area contributed by atoms with Crippen LogP contribution in [-0.4, -0.2) is 49.5 Å². The molecule has 0 aromatic heterocycles. The van der Waals surface area contributed by atoms with Gasteiger partial charge in [-0.25, -0.2) is 0 Å². The van der Waals surface area contributed by atoms with E-state index in [4.69, 9.17) is 9.47 Å². The Bertz CT molecular complexity index is 494. The quantitative estimate of drug-likeness (QED) is 0.215. The van der Waals surface area contributed by atoms with Crippen molar-refractivity contribution in [1.29, 1.82) is 0 Å². The smallest absolute Gasteiger partial charge is 0.311 e. The second-order valence-corrected chi connectivity index (χ2v) is 9.69. The van der Waals surface area contributed by atoms with E-state index in [-0.39, 0.29) is 12.6 Å². The molecule has 184 valence electrons. The summed E-state index contributed by atoms with van der Waals surface area (Å²) in [4.78, 5) is 25.3. The van der Waals surface area contributed by atoms with Crippen LogP contribution >= 0.6 is 0 Å². The van der Waals surface area contributed by atoms with Gasteiger partial charge in [0.2, 0.25) is 0 Å². The zero-order chi connectivity index (χ0) is 23.8. The summed E-state index contributed by atoms with van der Waals surface area (Å²) < 4.78 is 10.9. The van der Waals surface area contributed by atoms with Crippen LogP contribution < -0.4 is 5.32 Å². The Morgan fingerprint density at radius 3 is 2.06 bits per heavy atom. The number of hydrogen-bond donors (Lipinski definition) is 2. The molecule has 31 heavy (non-hydrogen) atoms. The minimum absolute atomic E-state index is 0.0467. The van der Waals surface area contributed by atoms with Crippen LogP contribution in [-0.2, 0) is 19.1 Å². The lowest BCUT2D eigenvalue weighted by molar-refractivity contribution is -0.164. The van der Waals surface area contributed by atoms with Crippen LogP contribution in [0.3, 0.4) is 0 Å². The molecule has 0 aromatic rings. The minimum atomic E-state index is -0.848. The minimum Gasteiger partial charge on any atom is -0.465 e. The summed E-state index contributed by atoms with van der Waals surface area (Å²) >= 11 is 0. The average Bonchev–Trinajstić information content (AvgIpc) is 2.73. The standard InChI is InChI=1S/C25H49NO5/c1-7-10-12-14-16-26-18-21(27)19-31-22(28)24(4,5)20-25(6,9-3)23(29)30-17-15-13-11-8-2/h21,26-27H,7-20H2,1-6H3. The number of ether oxygens (including phenoxy) is 2. The van der Waals surface area contributed by atoms with E-state index in [0.717, 1.165) is 38.6 Å². The lowest BCUT2D eigenvalue weighted by Crippen LogP contribution is -2.40. The van der Waals surface area contributed by atoms with Gasteiger partial charge in [-0.1, -0.05) is 59.3 Å². The SMILES string of the molecule is CCCCCCNCC(O)COC(=O)C(C)(C)CC(C)(CC)C(=O)OCCCCCC. The van der Waals surface area contributed by atoms with Gasteiger partial charge < -0.3 is 19.9 Å². The molecule has 0 rings (SSSR count). The van der Waals surface area contributed by atoms with E-state index in [2.05, 4.69) is 19.2 Å². The van der Waals surface area contributed by atoms with Gasteiger partial charge in [0.05, 0.1) is 17.4 Å². The number of aliphatic hydroxyl groups excluding tert-OH is 1. The highest BCUT2D eigenvalue weighted by Crippen LogP contribution is 2.38. The summed E-state index contributed by atoms with van der Waals surface area (Å²) in [5, 5.41) is 13.3. The summed E-state index contributed by atoms with van der Waals surface area (Å²) in [6.07, 6.45) is 9.08. The molecular formula is C25H49NO5. The van der Waals surface area contributed by atoms with Crippen LogP contribution in [0.25, 0.3) is 0 Å². The summed E-state index contributed by atoms with van der Waals surface area (Å²) in [6.45, 7) is 13.3. The Morgan fingerprint density at radius 2 is 1.48 bits per heavy atom. The average molecular weight is 444 g/mol. The molecule has 0 amide bonds. The monoisotopic (exact) mass is 443 g/mol. The van der Waals surface area contributed by atoms with E-state index < -0.39 is 22.9 Å². The molecule has 0 aliphatic rings. The number of esters is 2. The first-order valence-electron chi connectivity index (χ1n) is 12.4. The van der Waals surface area contributed by atoms with Gasteiger partial charge in [-0.3, -0.25) is 9.59 Å². The van der Waals surface area contributed by atoms with Crippen molar-refractivity contribution in [3.8, 4) is 0 Å². The third-order valence-corrected chi connectivity index (χ3v) is 5.88. The van der Waals surface area contributed by atoms with E-state index in [1.54, 1.807) is 13.8 Å². The van der Waals surface area contributed by atoms with Gasteiger partial charge in [0.25, 0.3) is 0 Å². The van der Waals surface area contributed by atoms with Gasteiger partial charge in [-0.15, -0.1) is 0 Å². The number of carbonyl (C=O) groups excluding carboxylic acids is 2. The Balaban J connectivity index is 4.44. The molecule has 0 aromatic carbocycles. The maximum Gasteiger partial charge on any atom is 0.311 e. The van der Waals surface area contributed by atoms with Crippen LogP contribution in [0.4, 0.5) is 0 Å². The third-order valence-electron chi connectivity index (χ3n) is 5.88. The normalized spacial score (nSPS) is 14.7. The number of unbranched alkanes of at least 4 members (excludes halogenated alkanes) is 6. The first-order chi connectivity index (χ1) is 14.6. The zero-order valence-electron chi connectivity index (χ0n) is 21.1. The zero-order valence-corrected chi connectivity index (χ0v) is 21.1. The van der Waals surface area contributed by atoms with Crippen LogP contribution in [0, 0.1) is 10.8 Å². The first-order valence-corrected chi connectivity index (χ1v) is 12.4. The lowest BCUT2D eigenvalue weighted by Gasteiger charge is -2.33. The number of rotatable bonds is 19. The van der Waals surface area contributed by atoms with Gasteiger partial charge in [-0.05, 0) is 53.0 Å². The molecule has 0 saturated carbocycles. The molecule has 0 bridgehead atoms. The van der Waals surface area contributed by atoms with Gasteiger partial charge in [0.15, 0.2) is 0 Å².